The summed E-state index contributed by atoms with van der Waals surface area (Å²) in [6.45, 7) is 3.83. The third kappa shape index (κ3) is 3.72. The molecule has 0 aliphatic heterocycles. The van der Waals surface area contributed by atoms with Gasteiger partial charge >= 0.3 is 0 Å². The van der Waals surface area contributed by atoms with Gasteiger partial charge in [-0.3, -0.25) is 9.67 Å². The maximum absolute atomic E-state index is 10.0. The second-order valence-corrected chi connectivity index (χ2v) is 6.19. The quantitative estimate of drug-likeness (QED) is 0.745. The van der Waals surface area contributed by atoms with E-state index in [4.69, 9.17) is 11.6 Å². The topological polar surface area (TPSA) is 76.7 Å². The second-order valence-electron chi connectivity index (χ2n) is 5.85. The smallest absolute Gasteiger partial charge is 0.222 e. The molecule has 0 amide bonds. The standard InChI is InChI=1S/C16H16ClN5O/c1-16(2,23)10-22-9-12(13-5-7-19-15(17)20-13)14(21-22)11-4-3-6-18-8-11/h3-9,23H,10H2,1-2H3. The van der Waals surface area contributed by atoms with Crippen LogP contribution in [0.2, 0.25) is 5.28 Å². The monoisotopic (exact) mass is 329 g/mol. The first-order valence-electron chi connectivity index (χ1n) is 7.11. The SMILES string of the molecule is CC(C)(O)Cn1cc(-c2ccnc(Cl)n2)c(-c2cccnc2)n1. The van der Waals surface area contributed by atoms with Crippen molar-refractivity contribution in [2.45, 2.75) is 26.0 Å². The Morgan fingerprint density at radius 2 is 2.09 bits per heavy atom. The summed E-state index contributed by atoms with van der Waals surface area (Å²) in [6.07, 6.45) is 6.89. The highest BCUT2D eigenvalue weighted by Crippen LogP contribution is 2.30. The van der Waals surface area contributed by atoms with Gasteiger partial charge in [0, 0.05) is 35.9 Å². The Labute approximate surface area is 138 Å². The van der Waals surface area contributed by atoms with Crippen LogP contribution in [0.25, 0.3) is 22.5 Å². The van der Waals surface area contributed by atoms with E-state index in [1.807, 2.05) is 18.3 Å². The predicted octanol–water partition coefficient (Wildman–Crippen LogP) is 2.83. The fourth-order valence-electron chi connectivity index (χ4n) is 2.29. The molecule has 7 heteroatoms. The molecule has 0 fully saturated rings. The van der Waals surface area contributed by atoms with Crippen molar-refractivity contribution in [3.8, 4) is 22.5 Å². The first-order chi connectivity index (χ1) is 10.9. The van der Waals surface area contributed by atoms with Crippen molar-refractivity contribution in [3.05, 3.63) is 48.3 Å². The highest BCUT2D eigenvalue weighted by molar-refractivity contribution is 6.28. The summed E-state index contributed by atoms with van der Waals surface area (Å²) in [4.78, 5) is 12.3. The zero-order chi connectivity index (χ0) is 16.4. The zero-order valence-electron chi connectivity index (χ0n) is 12.8. The molecule has 118 valence electrons. The lowest BCUT2D eigenvalue weighted by Crippen LogP contribution is -2.26. The van der Waals surface area contributed by atoms with E-state index >= 15 is 0 Å². The van der Waals surface area contributed by atoms with E-state index < -0.39 is 5.60 Å². The van der Waals surface area contributed by atoms with Gasteiger partial charge in [-0.25, -0.2) is 9.97 Å². The molecule has 0 saturated carbocycles. The normalized spacial score (nSPS) is 11.7. The summed E-state index contributed by atoms with van der Waals surface area (Å²) in [5.74, 6) is 0. The van der Waals surface area contributed by atoms with E-state index in [0.717, 1.165) is 16.8 Å². The molecule has 0 bridgehead atoms. The van der Waals surface area contributed by atoms with Gasteiger partial charge in [0.1, 0.15) is 5.69 Å². The Kier molecular flexibility index (Phi) is 4.11. The third-order valence-corrected chi connectivity index (χ3v) is 3.33. The van der Waals surface area contributed by atoms with Gasteiger partial charge in [-0.2, -0.15) is 5.10 Å². The molecule has 3 heterocycles. The van der Waals surface area contributed by atoms with Gasteiger partial charge in [-0.05, 0) is 43.6 Å². The van der Waals surface area contributed by atoms with E-state index in [0.29, 0.717) is 12.2 Å². The number of rotatable bonds is 4. The molecule has 0 spiro atoms. The third-order valence-electron chi connectivity index (χ3n) is 3.15. The minimum atomic E-state index is -0.876. The van der Waals surface area contributed by atoms with Crippen LogP contribution in [-0.4, -0.2) is 35.4 Å². The molecule has 0 aliphatic carbocycles. The highest BCUT2D eigenvalue weighted by atomic mass is 35.5. The number of pyridine rings is 1. The van der Waals surface area contributed by atoms with Crippen molar-refractivity contribution < 1.29 is 5.11 Å². The minimum absolute atomic E-state index is 0.176. The maximum Gasteiger partial charge on any atom is 0.222 e. The van der Waals surface area contributed by atoms with E-state index in [9.17, 15) is 5.11 Å². The molecule has 3 rings (SSSR count). The molecule has 0 saturated heterocycles. The van der Waals surface area contributed by atoms with Crippen LogP contribution in [-0.2, 0) is 6.54 Å². The summed E-state index contributed by atoms with van der Waals surface area (Å²) in [5, 5.41) is 14.8. The number of aromatic nitrogens is 5. The van der Waals surface area contributed by atoms with Gasteiger partial charge < -0.3 is 5.11 Å². The van der Waals surface area contributed by atoms with Crippen LogP contribution in [0.5, 0.6) is 0 Å². The summed E-state index contributed by atoms with van der Waals surface area (Å²) < 4.78 is 1.70. The number of hydrogen-bond donors (Lipinski definition) is 1. The Morgan fingerprint density at radius 3 is 2.74 bits per heavy atom. The molecule has 6 nitrogen and oxygen atoms in total. The van der Waals surface area contributed by atoms with E-state index in [1.165, 1.54) is 0 Å². The number of halogens is 1. The Hall–Kier alpha value is -2.31. The lowest BCUT2D eigenvalue weighted by Gasteiger charge is -2.16. The Balaban J connectivity index is 2.13. The average Bonchev–Trinajstić information content (AvgIpc) is 2.90. The second kappa shape index (κ2) is 6.06. The Morgan fingerprint density at radius 1 is 1.26 bits per heavy atom. The number of aliphatic hydroxyl groups is 1. The predicted molar refractivity (Wildman–Crippen MR) is 87.8 cm³/mol. The highest BCUT2D eigenvalue weighted by Gasteiger charge is 2.19. The number of nitrogens with zero attached hydrogens (tertiary/aromatic N) is 5. The van der Waals surface area contributed by atoms with Crippen LogP contribution in [0.4, 0.5) is 0 Å². The van der Waals surface area contributed by atoms with Crippen molar-refractivity contribution in [1.82, 2.24) is 24.7 Å². The van der Waals surface area contributed by atoms with Crippen LogP contribution >= 0.6 is 11.6 Å². The molecule has 0 aromatic carbocycles. The minimum Gasteiger partial charge on any atom is -0.389 e. The first-order valence-corrected chi connectivity index (χ1v) is 7.49. The molecule has 3 aromatic heterocycles. The molecule has 0 aliphatic rings. The van der Waals surface area contributed by atoms with Gasteiger partial charge in [0.15, 0.2) is 0 Å². The van der Waals surface area contributed by atoms with Gasteiger partial charge in [0.05, 0.1) is 17.8 Å². The molecule has 23 heavy (non-hydrogen) atoms. The van der Waals surface area contributed by atoms with Crippen LogP contribution in [0, 0.1) is 0 Å². The van der Waals surface area contributed by atoms with E-state index in [1.54, 1.807) is 43.2 Å². The van der Waals surface area contributed by atoms with Crippen LogP contribution in [0.1, 0.15) is 13.8 Å². The summed E-state index contributed by atoms with van der Waals surface area (Å²) in [6, 6.07) is 5.55. The molecule has 0 radical (unpaired) electrons. The van der Waals surface area contributed by atoms with Crippen LogP contribution in [0.15, 0.2) is 43.0 Å². The zero-order valence-corrected chi connectivity index (χ0v) is 13.6. The van der Waals surface area contributed by atoms with E-state index in [-0.39, 0.29) is 5.28 Å². The molecule has 0 unspecified atom stereocenters. The largest absolute Gasteiger partial charge is 0.389 e. The van der Waals surface area contributed by atoms with E-state index in [2.05, 4.69) is 20.1 Å². The fourth-order valence-corrected chi connectivity index (χ4v) is 2.43. The average molecular weight is 330 g/mol. The van der Waals surface area contributed by atoms with Crippen molar-refractivity contribution in [2.75, 3.05) is 0 Å². The number of hydrogen-bond acceptors (Lipinski definition) is 5. The first kappa shape index (κ1) is 15.6. The molecule has 3 aromatic rings. The van der Waals surface area contributed by atoms with Crippen LogP contribution in [0.3, 0.4) is 0 Å². The lowest BCUT2D eigenvalue weighted by molar-refractivity contribution is 0.0578. The van der Waals surface area contributed by atoms with Gasteiger partial charge in [0.25, 0.3) is 0 Å². The van der Waals surface area contributed by atoms with Crippen LogP contribution < -0.4 is 0 Å². The van der Waals surface area contributed by atoms with Gasteiger partial charge in [-0.1, -0.05) is 0 Å². The molecule has 1 N–H and O–H groups in total. The van der Waals surface area contributed by atoms with Crippen molar-refractivity contribution >= 4 is 11.6 Å². The molecular weight excluding hydrogens is 314 g/mol. The van der Waals surface area contributed by atoms with Crippen molar-refractivity contribution in [1.29, 1.82) is 0 Å². The fraction of sp³-hybridized carbons (Fsp3) is 0.250. The molecule has 0 atom stereocenters. The molecular formula is C16H16ClN5O. The van der Waals surface area contributed by atoms with Gasteiger partial charge in [0.2, 0.25) is 5.28 Å². The Bertz CT molecular complexity index is 811. The summed E-state index contributed by atoms with van der Waals surface area (Å²) in [5.41, 5.74) is 2.21. The van der Waals surface area contributed by atoms with Crippen molar-refractivity contribution in [2.24, 2.45) is 0 Å². The van der Waals surface area contributed by atoms with Gasteiger partial charge in [-0.15, -0.1) is 0 Å². The van der Waals surface area contributed by atoms with Crippen molar-refractivity contribution in [3.63, 3.8) is 0 Å². The maximum atomic E-state index is 10.0. The summed E-state index contributed by atoms with van der Waals surface area (Å²) >= 11 is 5.90. The lowest BCUT2D eigenvalue weighted by atomic mass is 10.1. The summed E-state index contributed by atoms with van der Waals surface area (Å²) in [7, 11) is 0.